The Morgan fingerprint density at radius 2 is 1.95 bits per heavy atom. The monoisotopic (exact) mass is 296 g/mol. The number of rotatable bonds is 6. The number of carbonyl (C=O) groups excluding carboxylic acids is 1. The fourth-order valence-electron chi connectivity index (χ4n) is 2.71. The van der Waals surface area contributed by atoms with Gasteiger partial charge in [0.1, 0.15) is 12.9 Å². The van der Waals surface area contributed by atoms with E-state index in [2.05, 4.69) is 9.88 Å². The van der Waals surface area contributed by atoms with Crippen molar-refractivity contribution in [1.82, 2.24) is 9.88 Å². The van der Waals surface area contributed by atoms with Gasteiger partial charge in [0.05, 0.1) is 5.69 Å². The number of benzene rings is 1. The second-order valence-electron chi connectivity index (χ2n) is 5.50. The zero-order chi connectivity index (χ0) is 15.2. The van der Waals surface area contributed by atoms with Gasteiger partial charge >= 0.3 is 0 Å². The molecule has 4 heteroatoms. The van der Waals surface area contributed by atoms with Crippen molar-refractivity contribution in [3.8, 4) is 17.1 Å². The predicted octanol–water partition coefficient (Wildman–Crippen LogP) is 3.04. The Morgan fingerprint density at radius 3 is 2.77 bits per heavy atom. The topological polar surface area (TPSA) is 42.4 Å². The quantitative estimate of drug-likeness (QED) is 0.768. The summed E-state index contributed by atoms with van der Waals surface area (Å²) in [7, 11) is 0. The van der Waals surface area contributed by atoms with Crippen LogP contribution in [0, 0.1) is 0 Å². The molecule has 3 rings (SSSR count). The number of carbonyl (C=O) groups is 1. The van der Waals surface area contributed by atoms with Crippen LogP contribution in [0.4, 0.5) is 0 Å². The molecule has 1 aliphatic heterocycles. The van der Waals surface area contributed by atoms with E-state index < -0.39 is 0 Å². The Kier molecular flexibility index (Phi) is 4.81. The largest absolute Gasteiger partial charge is 0.476 e. The van der Waals surface area contributed by atoms with Gasteiger partial charge in [-0.05, 0) is 38.1 Å². The zero-order valence-electron chi connectivity index (χ0n) is 12.6. The Balaban J connectivity index is 1.65. The molecule has 114 valence electrons. The first-order valence-electron chi connectivity index (χ1n) is 7.73. The number of hydrogen-bond donors (Lipinski definition) is 0. The van der Waals surface area contributed by atoms with Gasteiger partial charge in [-0.25, -0.2) is 4.98 Å². The van der Waals surface area contributed by atoms with Gasteiger partial charge in [0.2, 0.25) is 5.88 Å². The first-order chi connectivity index (χ1) is 10.8. The van der Waals surface area contributed by atoms with Crippen LogP contribution in [0.15, 0.2) is 42.5 Å². The summed E-state index contributed by atoms with van der Waals surface area (Å²) in [5.74, 6) is 0.633. The van der Waals surface area contributed by atoms with E-state index in [4.69, 9.17) is 4.74 Å². The van der Waals surface area contributed by atoms with E-state index in [1.54, 1.807) is 6.07 Å². The van der Waals surface area contributed by atoms with Crippen LogP contribution in [-0.2, 0) is 0 Å². The van der Waals surface area contributed by atoms with Crippen molar-refractivity contribution in [1.29, 1.82) is 0 Å². The fraction of sp³-hybridized carbons (Fsp3) is 0.333. The number of ether oxygens (including phenoxy) is 1. The normalized spacial score (nSPS) is 14.9. The highest BCUT2D eigenvalue weighted by Crippen LogP contribution is 2.20. The van der Waals surface area contributed by atoms with E-state index in [1.165, 1.54) is 25.9 Å². The van der Waals surface area contributed by atoms with Crippen molar-refractivity contribution >= 4 is 6.29 Å². The summed E-state index contributed by atoms with van der Waals surface area (Å²) < 4.78 is 5.76. The average molecular weight is 296 g/mol. The summed E-state index contributed by atoms with van der Waals surface area (Å²) in [5, 5.41) is 0. The van der Waals surface area contributed by atoms with E-state index in [0.717, 1.165) is 24.1 Å². The molecule has 1 fully saturated rings. The Bertz CT molecular complexity index is 636. The van der Waals surface area contributed by atoms with E-state index in [-0.39, 0.29) is 0 Å². The lowest BCUT2D eigenvalue weighted by atomic mass is 10.1. The van der Waals surface area contributed by atoms with E-state index in [1.807, 2.05) is 36.4 Å². The molecular weight excluding hydrogens is 276 g/mol. The SMILES string of the molecule is O=Cc1cccc(-c2cccc(OCCN3CCCC3)n2)c1. The molecule has 1 aromatic heterocycles. The maximum atomic E-state index is 10.9. The summed E-state index contributed by atoms with van der Waals surface area (Å²) in [4.78, 5) is 17.8. The number of aldehydes is 1. The molecule has 0 amide bonds. The third kappa shape index (κ3) is 3.71. The first-order valence-corrected chi connectivity index (χ1v) is 7.73. The van der Waals surface area contributed by atoms with Crippen molar-refractivity contribution in [2.75, 3.05) is 26.2 Å². The first kappa shape index (κ1) is 14.7. The van der Waals surface area contributed by atoms with Crippen LogP contribution in [-0.4, -0.2) is 42.4 Å². The summed E-state index contributed by atoms with van der Waals surface area (Å²) >= 11 is 0. The highest BCUT2D eigenvalue weighted by atomic mass is 16.5. The number of likely N-dealkylation sites (tertiary alicyclic amines) is 1. The average Bonchev–Trinajstić information content (AvgIpc) is 3.09. The lowest BCUT2D eigenvalue weighted by Gasteiger charge is -2.14. The second-order valence-corrected chi connectivity index (χ2v) is 5.50. The van der Waals surface area contributed by atoms with E-state index >= 15 is 0 Å². The molecule has 2 heterocycles. The zero-order valence-corrected chi connectivity index (χ0v) is 12.6. The summed E-state index contributed by atoms with van der Waals surface area (Å²) in [6.07, 6.45) is 3.43. The molecule has 22 heavy (non-hydrogen) atoms. The van der Waals surface area contributed by atoms with Gasteiger partial charge in [-0.2, -0.15) is 0 Å². The van der Waals surface area contributed by atoms with Crippen LogP contribution in [0.2, 0.25) is 0 Å². The van der Waals surface area contributed by atoms with Crippen LogP contribution in [0.5, 0.6) is 5.88 Å². The van der Waals surface area contributed by atoms with Crippen LogP contribution in [0.25, 0.3) is 11.3 Å². The van der Waals surface area contributed by atoms with Gasteiger partial charge in [0, 0.05) is 23.7 Å². The minimum atomic E-state index is 0.633. The van der Waals surface area contributed by atoms with Gasteiger partial charge in [0.15, 0.2) is 0 Å². The molecule has 0 unspecified atom stereocenters. The van der Waals surface area contributed by atoms with Gasteiger partial charge in [-0.1, -0.05) is 24.3 Å². The third-order valence-electron chi connectivity index (χ3n) is 3.90. The highest BCUT2D eigenvalue weighted by Gasteiger charge is 2.11. The predicted molar refractivity (Wildman–Crippen MR) is 86.2 cm³/mol. The molecule has 1 aromatic carbocycles. The molecule has 0 aliphatic carbocycles. The maximum Gasteiger partial charge on any atom is 0.213 e. The Hall–Kier alpha value is -2.20. The molecule has 0 spiro atoms. The molecule has 0 radical (unpaired) electrons. The lowest BCUT2D eigenvalue weighted by Crippen LogP contribution is -2.25. The molecule has 4 nitrogen and oxygen atoms in total. The molecule has 0 saturated carbocycles. The summed E-state index contributed by atoms with van der Waals surface area (Å²) in [6, 6.07) is 13.2. The van der Waals surface area contributed by atoms with Crippen LogP contribution >= 0.6 is 0 Å². The van der Waals surface area contributed by atoms with Gasteiger partial charge < -0.3 is 4.74 Å². The minimum absolute atomic E-state index is 0.633. The van der Waals surface area contributed by atoms with Crippen molar-refractivity contribution in [3.05, 3.63) is 48.0 Å². The van der Waals surface area contributed by atoms with E-state index in [0.29, 0.717) is 18.1 Å². The molecule has 0 atom stereocenters. The van der Waals surface area contributed by atoms with Crippen LogP contribution in [0.3, 0.4) is 0 Å². The molecule has 0 N–H and O–H groups in total. The van der Waals surface area contributed by atoms with E-state index in [9.17, 15) is 4.79 Å². The van der Waals surface area contributed by atoms with Crippen LogP contribution < -0.4 is 4.74 Å². The summed E-state index contributed by atoms with van der Waals surface area (Å²) in [5.41, 5.74) is 2.40. The van der Waals surface area contributed by atoms with Crippen molar-refractivity contribution < 1.29 is 9.53 Å². The van der Waals surface area contributed by atoms with Crippen molar-refractivity contribution in [2.45, 2.75) is 12.8 Å². The minimum Gasteiger partial charge on any atom is -0.476 e. The molecule has 0 bridgehead atoms. The molecule has 1 aliphatic rings. The fourth-order valence-corrected chi connectivity index (χ4v) is 2.71. The standard InChI is InChI=1S/C18H20N2O2/c21-14-15-5-3-6-16(13-15)17-7-4-8-18(19-17)22-12-11-20-9-1-2-10-20/h3-8,13-14H,1-2,9-12H2. The third-order valence-corrected chi connectivity index (χ3v) is 3.90. The lowest BCUT2D eigenvalue weighted by molar-refractivity contribution is 0.112. The maximum absolute atomic E-state index is 10.9. The smallest absolute Gasteiger partial charge is 0.213 e. The molecule has 2 aromatic rings. The number of hydrogen-bond acceptors (Lipinski definition) is 4. The number of nitrogens with zero attached hydrogens (tertiary/aromatic N) is 2. The van der Waals surface area contributed by atoms with Gasteiger partial charge in [-0.15, -0.1) is 0 Å². The Morgan fingerprint density at radius 1 is 1.14 bits per heavy atom. The van der Waals surface area contributed by atoms with Gasteiger partial charge in [-0.3, -0.25) is 9.69 Å². The molecule has 1 saturated heterocycles. The van der Waals surface area contributed by atoms with Crippen molar-refractivity contribution in [2.24, 2.45) is 0 Å². The number of pyridine rings is 1. The summed E-state index contributed by atoms with van der Waals surface area (Å²) in [6.45, 7) is 3.96. The Labute approximate surface area is 130 Å². The molecular formula is C18H20N2O2. The number of aromatic nitrogens is 1. The highest BCUT2D eigenvalue weighted by molar-refractivity contribution is 5.78. The van der Waals surface area contributed by atoms with Crippen LogP contribution in [0.1, 0.15) is 23.2 Å². The van der Waals surface area contributed by atoms with Crippen molar-refractivity contribution in [3.63, 3.8) is 0 Å². The van der Waals surface area contributed by atoms with Gasteiger partial charge in [0.25, 0.3) is 0 Å². The second kappa shape index (κ2) is 7.18.